The second-order valence-electron chi connectivity index (χ2n) is 6.32. The molecule has 0 aliphatic rings. The summed E-state index contributed by atoms with van der Waals surface area (Å²) in [4.78, 5) is 55.4. The zero-order chi connectivity index (χ0) is 23.5. The van der Waals surface area contributed by atoms with Crippen LogP contribution >= 0.6 is 0 Å². The Morgan fingerprint density at radius 1 is 1.09 bits per heavy atom. The van der Waals surface area contributed by atoms with Crippen molar-refractivity contribution < 1.29 is 33.6 Å². The Balaban J connectivity index is 0.00000544. The first-order valence-corrected chi connectivity index (χ1v) is 9.16. The molecule has 12 nitrogen and oxygen atoms in total. The van der Waals surface area contributed by atoms with Crippen LogP contribution in [-0.2, 0) is 25.7 Å². The van der Waals surface area contributed by atoms with Crippen LogP contribution < -0.4 is 20.7 Å². The number of amides is 3. The number of rotatable bonds is 10. The van der Waals surface area contributed by atoms with Gasteiger partial charge in [-0.15, -0.1) is 0 Å². The third kappa shape index (κ3) is 8.42. The van der Waals surface area contributed by atoms with Crippen LogP contribution in [0.4, 0.5) is 16.2 Å². The summed E-state index contributed by atoms with van der Waals surface area (Å²) in [5, 5.41) is 17.7. The largest absolute Gasteiger partial charge is 0.520 e. The van der Waals surface area contributed by atoms with Crippen LogP contribution in [0.1, 0.15) is 12.5 Å². The fraction of sp³-hybridized carbons (Fsp3) is 0.200. The van der Waals surface area contributed by atoms with Crippen molar-refractivity contribution >= 4 is 35.8 Å². The van der Waals surface area contributed by atoms with Crippen LogP contribution in [0, 0.1) is 10.1 Å². The van der Waals surface area contributed by atoms with Gasteiger partial charge in [0, 0.05) is 17.8 Å². The predicted molar refractivity (Wildman–Crippen MR) is 110 cm³/mol. The monoisotopic (exact) mass is 700 g/mol. The molecule has 0 heterocycles. The number of nitrogens with one attached hydrogen (secondary N) is 3. The number of carbonyl (C=O) groups is 3. The van der Waals surface area contributed by atoms with Gasteiger partial charge in [-0.05, 0) is 36.8 Å². The maximum atomic E-state index is 11.9. The molecule has 0 fully saturated rings. The first kappa shape index (κ1) is 25.6. The van der Waals surface area contributed by atoms with Gasteiger partial charge in [-0.1, -0.05) is 12.1 Å². The van der Waals surface area contributed by atoms with E-state index in [1.165, 1.54) is 37.6 Å². The molecule has 3 amide bonds. The number of nitrogens with zero attached hydrogens (tertiary/aromatic N) is 1. The Bertz CT molecular complexity index is 983. The van der Waals surface area contributed by atoms with E-state index in [1.54, 1.807) is 24.3 Å². The van der Waals surface area contributed by atoms with Crippen molar-refractivity contribution in [1.82, 2.24) is 10.6 Å². The quantitative estimate of drug-likeness (QED) is 0.0837. The summed E-state index contributed by atoms with van der Waals surface area (Å²) in [6.07, 6.45) is 0.410. The molecule has 2 aromatic rings. The fourth-order valence-electron chi connectivity index (χ4n) is 2.27. The molecule has 0 radical (unpaired) electrons. The maximum Gasteiger partial charge on any atom is 0.514 e. The predicted octanol–water partition coefficient (Wildman–Crippen LogP) is 1.41. The topological polar surface area (TPSA) is 166 Å². The molecule has 0 aliphatic heterocycles. The van der Waals surface area contributed by atoms with Crippen molar-refractivity contribution in [3.8, 4) is 5.75 Å². The molecule has 0 bridgehead atoms. The van der Waals surface area contributed by atoms with Gasteiger partial charge in [0.2, 0.25) is 11.8 Å². The minimum atomic E-state index is -0.983. The summed E-state index contributed by atoms with van der Waals surface area (Å²) in [5.74, 6) is -0.909. The van der Waals surface area contributed by atoms with E-state index in [2.05, 4.69) is 16.0 Å². The van der Waals surface area contributed by atoms with Crippen LogP contribution in [0.3, 0.4) is 0 Å². The Morgan fingerprint density at radius 2 is 1.73 bits per heavy atom. The van der Waals surface area contributed by atoms with Crippen molar-refractivity contribution in [1.29, 1.82) is 0 Å². The number of non-ortho nitro benzene ring substituents is 1. The number of benzene rings is 2. The summed E-state index contributed by atoms with van der Waals surface area (Å²) in [6.45, 7) is 1.05. The molecule has 0 aliphatic carbocycles. The first-order chi connectivity index (χ1) is 15.3. The molecular formula is C20H19FmN4O8-. The molecular weight excluding hydrogens is 681 g/mol. The van der Waals surface area contributed by atoms with E-state index in [0.29, 0.717) is 11.3 Å². The maximum absolute atomic E-state index is 11.9. The van der Waals surface area contributed by atoms with Crippen molar-refractivity contribution in [2.24, 2.45) is 0 Å². The molecule has 0 spiro atoms. The molecule has 180 valence electrons. The SMILES string of the molecule is CC(N[C-]=O)C(=O)NCC(=O)Nc1ccc(COC(=O)Oc2ccc([N+](=O)[O-])cc2)cc1.[Fm]. The van der Waals surface area contributed by atoms with Gasteiger partial charge in [-0.25, -0.2) is 4.79 Å². The van der Waals surface area contributed by atoms with Gasteiger partial charge in [-0.3, -0.25) is 19.7 Å². The number of carbonyl (C=O) groups excluding carboxylic acids is 4. The van der Waals surface area contributed by atoms with Crippen molar-refractivity contribution in [2.45, 2.75) is 19.6 Å². The first-order valence-electron chi connectivity index (χ1n) is 9.16. The Labute approximate surface area is 182 Å². The zero-order valence-corrected chi connectivity index (χ0v) is 19.5. The molecule has 2 rings (SSSR count). The van der Waals surface area contributed by atoms with E-state index in [0.717, 1.165) is 0 Å². The molecule has 1 unspecified atom stereocenters. The minimum Gasteiger partial charge on any atom is -0.520 e. The zero-order valence-electron chi connectivity index (χ0n) is 17.1. The Morgan fingerprint density at radius 3 is 2.30 bits per heavy atom. The normalized spacial score (nSPS) is 10.6. The molecule has 0 aromatic heterocycles. The Kier molecular flexibility index (Phi) is 9.50. The molecule has 13 heteroatoms. The van der Waals surface area contributed by atoms with Gasteiger partial charge in [0.1, 0.15) is 12.4 Å². The molecule has 33 heavy (non-hydrogen) atoms. The van der Waals surface area contributed by atoms with E-state index < -0.39 is 28.9 Å². The smallest absolute Gasteiger partial charge is 0.514 e. The van der Waals surface area contributed by atoms with Gasteiger partial charge in [0.25, 0.3) is 5.69 Å². The second-order valence-corrected chi connectivity index (χ2v) is 6.32. The van der Waals surface area contributed by atoms with E-state index in [4.69, 9.17) is 9.47 Å². The average molecular weight is 700 g/mol. The standard InChI is InChI=1S/C20H19N4O8.Fm/c1-13(22-12-25)19(27)21-10-18(26)23-15-4-2-14(3-5-15)11-31-20(28)32-17-8-6-16(7-9-17)24(29)30;/h2-9,13H,10-11H2,1H3,(H,21,27)(H,22,25)(H,23,26);/q-1;. The second kappa shape index (κ2) is 12.3. The number of nitro groups is 1. The number of hydrogen-bond donors (Lipinski definition) is 3. The van der Waals surface area contributed by atoms with Crippen molar-refractivity contribution in [3.63, 3.8) is 0 Å². The van der Waals surface area contributed by atoms with Crippen LogP contribution in [0.2, 0.25) is 0 Å². The van der Waals surface area contributed by atoms with Gasteiger partial charge in [0.15, 0.2) is 0 Å². The van der Waals surface area contributed by atoms with Gasteiger partial charge in [0.05, 0.1) is 17.5 Å². The number of hydrogen-bond acceptors (Lipinski definition) is 8. The van der Waals surface area contributed by atoms with E-state index in [-0.39, 0.29) is 24.6 Å². The average Bonchev–Trinajstić information content (AvgIpc) is 2.77. The van der Waals surface area contributed by atoms with Gasteiger partial charge >= 0.3 is 6.16 Å². The van der Waals surface area contributed by atoms with E-state index in [9.17, 15) is 29.3 Å². The van der Waals surface area contributed by atoms with Gasteiger partial charge in [-0.2, -0.15) is 6.41 Å². The van der Waals surface area contributed by atoms with Crippen LogP contribution in [-0.4, -0.2) is 41.9 Å². The molecule has 1 atom stereocenters. The third-order valence-electron chi connectivity index (χ3n) is 3.93. The Hall–Kier alpha value is -5.48. The van der Waals surface area contributed by atoms with E-state index in [1.807, 2.05) is 0 Å². The number of anilines is 1. The molecule has 3 N–H and O–H groups in total. The molecule has 0 saturated carbocycles. The van der Waals surface area contributed by atoms with E-state index >= 15 is 0 Å². The van der Waals surface area contributed by atoms with Crippen molar-refractivity contribution in [3.05, 3.63) is 64.2 Å². The van der Waals surface area contributed by atoms with Crippen molar-refractivity contribution in [2.75, 3.05) is 11.9 Å². The molecule has 2 aromatic carbocycles. The van der Waals surface area contributed by atoms with Gasteiger partial charge < -0.3 is 30.2 Å². The summed E-state index contributed by atoms with van der Waals surface area (Å²) in [5.41, 5.74) is 0.930. The minimum absolute atomic E-state index is 0. The van der Waals surface area contributed by atoms with Crippen LogP contribution in [0.25, 0.3) is 0 Å². The summed E-state index contributed by atoms with van der Waals surface area (Å²) in [7, 11) is 0. The summed E-state index contributed by atoms with van der Waals surface area (Å²) in [6, 6.07) is 10.5. The summed E-state index contributed by atoms with van der Waals surface area (Å²) < 4.78 is 9.90. The van der Waals surface area contributed by atoms with Crippen LogP contribution in [0.5, 0.6) is 5.75 Å². The third-order valence-corrected chi connectivity index (χ3v) is 3.93. The fourth-order valence-corrected chi connectivity index (χ4v) is 2.27. The number of nitro benzene ring substituents is 1. The molecule has 0 saturated heterocycles. The van der Waals surface area contributed by atoms with Crippen LogP contribution in [0.15, 0.2) is 48.5 Å². The number of ether oxygens (including phenoxy) is 2. The summed E-state index contributed by atoms with van der Waals surface area (Å²) >= 11 is 0.